The highest BCUT2D eigenvalue weighted by atomic mass is 16.4. The second-order valence-corrected chi connectivity index (χ2v) is 5.20. The molecule has 0 aromatic carbocycles. The summed E-state index contributed by atoms with van der Waals surface area (Å²) in [5, 5.41) is 8.51. The number of hydrogen-bond donors (Lipinski definition) is 2. The maximum Gasteiger partial charge on any atom is 0.303 e. The predicted octanol–water partition coefficient (Wildman–Crippen LogP) is 2.17. The van der Waals surface area contributed by atoms with Crippen LogP contribution in [0.2, 0.25) is 0 Å². The second-order valence-electron chi connectivity index (χ2n) is 5.20. The van der Waals surface area contributed by atoms with E-state index in [0.717, 1.165) is 24.7 Å². The van der Waals surface area contributed by atoms with E-state index in [1.165, 1.54) is 19.3 Å². The Balaban J connectivity index is 1.73. The van der Waals surface area contributed by atoms with Crippen LogP contribution in [0.15, 0.2) is 12.2 Å². The molecule has 2 aliphatic carbocycles. The van der Waals surface area contributed by atoms with Crippen LogP contribution in [0.3, 0.4) is 0 Å². The first-order valence-electron chi connectivity index (χ1n) is 6.32. The Morgan fingerprint density at radius 3 is 2.75 bits per heavy atom. The summed E-state index contributed by atoms with van der Waals surface area (Å²) in [4.78, 5) is 10.3. The van der Waals surface area contributed by atoms with Crippen molar-refractivity contribution < 1.29 is 9.90 Å². The summed E-state index contributed by atoms with van der Waals surface area (Å²) in [5.74, 6) is 1.41. The van der Waals surface area contributed by atoms with Crippen molar-refractivity contribution in [3.63, 3.8) is 0 Å². The Morgan fingerprint density at radius 2 is 2.12 bits per heavy atom. The van der Waals surface area contributed by atoms with Gasteiger partial charge in [-0.2, -0.15) is 0 Å². The van der Waals surface area contributed by atoms with Gasteiger partial charge in [-0.05, 0) is 49.9 Å². The number of hydrogen-bond acceptors (Lipinski definition) is 2. The number of unbranched alkanes of at least 4 members (excludes halogenated alkanes) is 1. The molecule has 0 saturated heterocycles. The van der Waals surface area contributed by atoms with Gasteiger partial charge >= 0.3 is 5.97 Å². The molecule has 2 rings (SSSR count). The minimum absolute atomic E-state index is 0.271. The zero-order valence-corrected chi connectivity index (χ0v) is 9.64. The van der Waals surface area contributed by atoms with Gasteiger partial charge in [0.15, 0.2) is 0 Å². The number of rotatable bonds is 5. The fourth-order valence-electron chi connectivity index (χ4n) is 3.29. The zero-order chi connectivity index (χ0) is 11.5. The van der Waals surface area contributed by atoms with Gasteiger partial charge in [-0.15, -0.1) is 0 Å². The number of carboxylic acids is 1. The molecule has 3 N–H and O–H groups in total. The van der Waals surface area contributed by atoms with E-state index in [2.05, 4.69) is 12.2 Å². The number of carbonyl (C=O) groups is 1. The van der Waals surface area contributed by atoms with Gasteiger partial charge in [0.1, 0.15) is 0 Å². The summed E-state index contributed by atoms with van der Waals surface area (Å²) in [5.41, 5.74) is 6.18. The summed E-state index contributed by atoms with van der Waals surface area (Å²) >= 11 is 0. The van der Waals surface area contributed by atoms with E-state index in [-0.39, 0.29) is 6.42 Å². The maximum absolute atomic E-state index is 10.3. The van der Waals surface area contributed by atoms with Crippen molar-refractivity contribution in [3.05, 3.63) is 12.2 Å². The molecule has 90 valence electrons. The van der Waals surface area contributed by atoms with E-state index in [0.29, 0.717) is 12.0 Å². The molecule has 4 unspecified atom stereocenters. The summed E-state index contributed by atoms with van der Waals surface area (Å²) in [6, 6.07) is 0.356. The normalized spacial score (nSPS) is 37.3. The standard InChI is InChI=1S/C13H21NO2/c14-13-10-7-6-9(8-10)11(13)4-2-1-3-5-12(15)16/h2,4,9-11,13H,1,3,5-8,14H2,(H,15,16). The number of fused-ring (bicyclic) bond motifs is 2. The molecule has 0 aromatic rings. The van der Waals surface area contributed by atoms with Crippen LogP contribution in [0.4, 0.5) is 0 Å². The van der Waals surface area contributed by atoms with Crippen LogP contribution < -0.4 is 5.73 Å². The molecule has 0 radical (unpaired) electrons. The molecule has 0 heterocycles. The molecule has 0 spiro atoms. The van der Waals surface area contributed by atoms with Crippen LogP contribution in [0.25, 0.3) is 0 Å². The van der Waals surface area contributed by atoms with Crippen molar-refractivity contribution in [2.75, 3.05) is 0 Å². The molecule has 3 heteroatoms. The number of aliphatic carboxylic acids is 1. The van der Waals surface area contributed by atoms with Crippen LogP contribution in [0.1, 0.15) is 38.5 Å². The summed E-state index contributed by atoms with van der Waals surface area (Å²) < 4.78 is 0. The summed E-state index contributed by atoms with van der Waals surface area (Å²) in [6.45, 7) is 0. The van der Waals surface area contributed by atoms with Gasteiger partial charge in [0, 0.05) is 12.5 Å². The number of nitrogens with two attached hydrogens (primary N) is 1. The van der Waals surface area contributed by atoms with Crippen molar-refractivity contribution in [2.45, 2.75) is 44.6 Å². The first-order chi connectivity index (χ1) is 7.68. The molecular formula is C13H21NO2. The molecule has 2 bridgehead atoms. The Hall–Kier alpha value is -0.830. The van der Waals surface area contributed by atoms with E-state index < -0.39 is 5.97 Å². The third-order valence-corrected chi connectivity index (χ3v) is 4.17. The number of carboxylic acid groups (broad SMARTS) is 1. The smallest absolute Gasteiger partial charge is 0.303 e. The molecule has 0 aromatic heterocycles. The highest BCUT2D eigenvalue weighted by Gasteiger charge is 2.44. The van der Waals surface area contributed by atoms with Crippen molar-refractivity contribution in [1.82, 2.24) is 0 Å². The van der Waals surface area contributed by atoms with E-state index >= 15 is 0 Å². The maximum atomic E-state index is 10.3. The predicted molar refractivity (Wildman–Crippen MR) is 62.9 cm³/mol. The van der Waals surface area contributed by atoms with Gasteiger partial charge < -0.3 is 10.8 Å². The minimum atomic E-state index is -0.704. The first-order valence-corrected chi connectivity index (χ1v) is 6.32. The van der Waals surface area contributed by atoms with Crippen LogP contribution >= 0.6 is 0 Å². The van der Waals surface area contributed by atoms with Crippen LogP contribution in [0, 0.1) is 17.8 Å². The molecule has 0 amide bonds. The van der Waals surface area contributed by atoms with Crippen LogP contribution in [-0.2, 0) is 4.79 Å². The van der Waals surface area contributed by atoms with Gasteiger partial charge in [0.25, 0.3) is 0 Å². The molecule has 2 saturated carbocycles. The lowest BCUT2D eigenvalue weighted by Crippen LogP contribution is -2.34. The molecule has 0 aliphatic heterocycles. The molecule has 2 aliphatic rings. The lowest BCUT2D eigenvalue weighted by molar-refractivity contribution is -0.137. The zero-order valence-electron chi connectivity index (χ0n) is 9.64. The lowest BCUT2D eigenvalue weighted by Gasteiger charge is -2.25. The van der Waals surface area contributed by atoms with Crippen LogP contribution in [-0.4, -0.2) is 17.1 Å². The van der Waals surface area contributed by atoms with E-state index in [1.807, 2.05) is 0 Å². The molecule has 16 heavy (non-hydrogen) atoms. The van der Waals surface area contributed by atoms with E-state index in [9.17, 15) is 4.79 Å². The highest BCUT2D eigenvalue weighted by Crippen LogP contribution is 2.48. The van der Waals surface area contributed by atoms with Gasteiger partial charge in [-0.25, -0.2) is 0 Å². The lowest BCUT2D eigenvalue weighted by atomic mass is 9.84. The third kappa shape index (κ3) is 2.46. The molecule has 2 fully saturated rings. The van der Waals surface area contributed by atoms with E-state index in [4.69, 9.17) is 10.8 Å². The molecule has 4 atom stereocenters. The topological polar surface area (TPSA) is 63.3 Å². The molecule has 3 nitrogen and oxygen atoms in total. The minimum Gasteiger partial charge on any atom is -0.481 e. The van der Waals surface area contributed by atoms with Gasteiger partial charge in [-0.1, -0.05) is 12.2 Å². The highest BCUT2D eigenvalue weighted by molar-refractivity contribution is 5.66. The second kappa shape index (κ2) is 5.00. The largest absolute Gasteiger partial charge is 0.481 e. The van der Waals surface area contributed by atoms with Gasteiger partial charge in [0.05, 0.1) is 0 Å². The Morgan fingerprint density at radius 1 is 1.38 bits per heavy atom. The van der Waals surface area contributed by atoms with Crippen molar-refractivity contribution in [3.8, 4) is 0 Å². The fraction of sp³-hybridized carbons (Fsp3) is 0.769. The Bertz CT molecular complexity index is 286. The van der Waals surface area contributed by atoms with Gasteiger partial charge in [0.2, 0.25) is 0 Å². The first kappa shape index (κ1) is 11.6. The Kier molecular flexibility index (Phi) is 3.64. The van der Waals surface area contributed by atoms with Crippen molar-refractivity contribution >= 4 is 5.97 Å². The average molecular weight is 223 g/mol. The average Bonchev–Trinajstić information content (AvgIpc) is 2.80. The fourth-order valence-corrected chi connectivity index (χ4v) is 3.29. The van der Waals surface area contributed by atoms with Crippen LogP contribution in [0.5, 0.6) is 0 Å². The van der Waals surface area contributed by atoms with E-state index in [1.54, 1.807) is 0 Å². The SMILES string of the molecule is NC1C2CCC(C2)C1C=CCCCC(=O)O. The number of allylic oxidation sites excluding steroid dienone is 1. The monoisotopic (exact) mass is 223 g/mol. The van der Waals surface area contributed by atoms with Gasteiger partial charge in [-0.3, -0.25) is 4.79 Å². The Labute approximate surface area is 96.7 Å². The van der Waals surface area contributed by atoms with Crippen molar-refractivity contribution in [1.29, 1.82) is 0 Å². The van der Waals surface area contributed by atoms with Crippen molar-refractivity contribution in [2.24, 2.45) is 23.5 Å². The third-order valence-electron chi connectivity index (χ3n) is 4.17. The molecular weight excluding hydrogens is 202 g/mol. The summed E-state index contributed by atoms with van der Waals surface area (Å²) in [7, 11) is 0. The quantitative estimate of drug-likeness (QED) is 0.554. The summed E-state index contributed by atoms with van der Waals surface area (Å²) in [6.07, 6.45) is 10.2.